The van der Waals surface area contributed by atoms with Crippen LogP contribution < -0.4 is 10.6 Å². The molecule has 0 aliphatic rings. The number of aliphatic imine (C=N–C) groups is 1. The molecule has 2 aromatic rings. The summed E-state index contributed by atoms with van der Waals surface area (Å²) >= 11 is 0. The van der Waals surface area contributed by atoms with E-state index in [1.807, 2.05) is 0 Å². The number of guanidine groups is 1. The van der Waals surface area contributed by atoms with E-state index in [1.165, 1.54) is 22.0 Å². The smallest absolute Gasteiger partial charge is 0.191 e. The minimum absolute atomic E-state index is 0. The number of H-pyrrole nitrogens is 1. The highest BCUT2D eigenvalue weighted by Crippen LogP contribution is 2.19. The van der Waals surface area contributed by atoms with Crippen LogP contribution in [-0.4, -0.2) is 31.1 Å². The summed E-state index contributed by atoms with van der Waals surface area (Å²) in [6, 6.07) is 6.47. The summed E-state index contributed by atoms with van der Waals surface area (Å²) in [7, 11) is 1.74. The fourth-order valence-corrected chi connectivity index (χ4v) is 2.18. The van der Waals surface area contributed by atoms with E-state index in [2.05, 4.69) is 57.9 Å². The Morgan fingerprint density at radius 1 is 1.38 bits per heavy atom. The Bertz CT molecular complexity index is 652. The van der Waals surface area contributed by atoms with Crippen LogP contribution in [0.1, 0.15) is 11.1 Å². The molecule has 112 valence electrons. The zero-order valence-corrected chi connectivity index (χ0v) is 14.7. The van der Waals surface area contributed by atoms with Gasteiger partial charge in [0.05, 0.1) is 6.54 Å². The SMILES string of the molecule is C#CCNC(=NC)NCCc1c[nH]c2cc(C)ccc12.I. The summed E-state index contributed by atoms with van der Waals surface area (Å²) in [5, 5.41) is 7.57. The molecule has 0 fully saturated rings. The number of benzene rings is 1. The Kier molecular flexibility index (Phi) is 7.09. The summed E-state index contributed by atoms with van der Waals surface area (Å²) < 4.78 is 0. The summed E-state index contributed by atoms with van der Waals surface area (Å²) in [6.45, 7) is 3.39. The minimum atomic E-state index is 0. The molecule has 0 aliphatic carbocycles. The van der Waals surface area contributed by atoms with Gasteiger partial charge in [-0.1, -0.05) is 18.1 Å². The van der Waals surface area contributed by atoms with Gasteiger partial charge in [-0.25, -0.2) is 0 Å². The number of aromatic amines is 1. The van der Waals surface area contributed by atoms with Crippen molar-refractivity contribution in [3.05, 3.63) is 35.5 Å². The van der Waals surface area contributed by atoms with Gasteiger partial charge in [-0.3, -0.25) is 4.99 Å². The van der Waals surface area contributed by atoms with Crippen LogP contribution in [0.25, 0.3) is 10.9 Å². The molecular weight excluding hydrogens is 375 g/mol. The van der Waals surface area contributed by atoms with Gasteiger partial charge in [-0.05, 0) is 30.5 Å². The van der Waals surface area contributed by atoms with Crippen molar-refractivity contribution in [1.82, 2.24) is 15.6 Å². The van der Waals surface area contributed by atoms with Crippen molar-refractivity contribution in [3.63, 3.8) is 0 Å². The second-order valence-electron chi connectivity index (χ2n) is 4.67. The van der Waals surface area contributed by atoms with Crippen LogP contribution in [0.2, 0.25) is 0 Å². The van der Waals surface area contributed by atoms with Gasteiger partial charge in [-0.2, -0.15) is 0 Å². The van der Waals surface area contributed by atoms with Gasteiger partial charge in [-0.15, -0.1) is 30.4 Å². The Labute approximate surface area is 142 Å². The summed E-state index contributed by atoms with van der Waals surface area (Å²) in [6.07, 6.45) is 8.22. The van der Waals surface area contributed by atoms with Crippen LogP contribution in [0.5, 0.6) is 0 Å². The number of hydrogen-bond acceptors (Lipinski definition) is 1. The van der Waals surface area contributed by atoms with Gasteiger partial charge >= 0.3 is 0 Å². The number of terminal acetylenes is 1. The number of halogens is 1. The molecule has 0 saturated carbocycles. The molecule has 1 aromatic carbocycles. The van der Waals surface area contributed by atoms with Crippen molar-refractivity contribution in [1.29, 1.82) is 0 Å². The molecule has 0 saturated heterocycles. The number of rotatable bonds is 4. The van der Waals surface area contributed by atoms with E-state index in [9.17, 15) is 0 Å². The first-order chi connectivity index (χ1) is 9.74. The first-order valence-electron chi connectivity index (χ1n) is 6.69. The second-order valence-corrected chi connectivity index (χ2v) is 4.67. The van der Waals surface area contributed by atoms with E-state index in [0.29, 0.717) is 6.54 Å². The van der Waals surface area contributed by atoms with Gasteiger partial charge in [0.25, 0.3) is 0 Å². The number of nitrogens with zero attached hydrogens (tertiary/aromatic N) is 1. The maximum Gasteiger partial charge on any atom is 0.191 e. The average molecular weight is 396 g/mol. The molecule has 3 N–H and O–H groups in total. The van der Waals surface area contributed by atoms with Crippen molar-refractivity contribution in [2.45, 2.75) is 13.3 Å². The Balaban J connectivity index is 0.00000220. The molecule has 0 unspecified atom stereocenters. The molecule has 0 radical (unpaired) electrons. The molecule has 0 aliphatic heterocycles. The van der Waals surface area contributed by atoms with Gasteiger partial charge in [0.2, 0.25) is 0 Å². The molecular formula is C16H21IN4. The largest absolute Gasteiger partial charge is 0.361 e. The van der Waals surface area contributed by atoms with Crippen LogP contribution in [0.4, 0.5) is 0 Å². The van der Waals surface area contributed by atoms with Gasteiger partial charge in [0.1, 0.15) is 0 Å². The molecule has 0 amide bonds. The third-order valence-electron chi connectivity index (χ3n) is 3.19. The zero-order chi connectivity index (χ0) is 14.4. The average Bonchev–Trinajstić information content (AvgIpc) is 2.85. The highest BCUT2D eigenvalue weighted by atomic mass is 127. The monoisotopic (exact) mass is 396 g/mol. The molecule has 5 heteroatoms. The highest BCUT2D eigenvalue weighted by molar-refractivity contribution is 14.0. The van der Waals surface area contributed by atoms with E-state index in [4.69, 9.17) is 6.42 Å². The maximum absolute atomic E-state index is 5.21. The second kappa shape index (κ2) is 8.57. The van der Waals surface area contributed by atoms with Crippen LogP contribution in [-0.2, 0) is 6.42 Å². The predicted octanol–water partition coefficient (Wildman–Crippen LogP) is 2.44. The third-order valence-corrected chi connectivity index (χ3v) is 3.19. The fraction of sp³-hybridized carbons (Fsp3) is 0.312. The van der Waals surface area contributed by atoms with Crippen LogP contribution in [0.3, 0.4) is 0 Å². The lowest BCUT2D eigenvalue weighted by Crippen LogP contribution is -2.38. The fourth-order valence-electron chi connectivity index (χ4n) is 2.18. The lowest BCUT2D eigenvalue weighted by atomic mass is 10.1. The topological polar surface area (TPSA) is 52.2 Å². The number of nitrogens with one attached hydrogen (secondary N) is 3. The molecule has 1 aromatic heterocycles. The van der Waals surface area contributed by atoms with Gasteiger partial charge in [0, 0.05) is 30.7 Å². The molecule has 21 heavy (non-hydrogen) atoms. The van der Waals surface area contributed by atoms with E-state index in [1.54, 1.807) is 7.05 Å². The maximum atomic E-state index is 5.21. The van der Waals surface area contributed by atoms with Crippen molar-refractivity contribution < 1.29 is 0 Å². The third kappa shape index (κ3) is 4.67. The quantitative estimate of drug-likeness (QED) is 0.322. The Morgan fingerprint density at radius 3 is 2.90 bits per heavy atom. The number of hydrogen-bond donors (Lipinski definition) is 3. The summed E-state index contributed by atoms with van der Waals surface area (Å²) in [5.74, 6) is 3.26. The first kappa shape index (κ1) is 17.4. The van der Waals surface area contributed by atoms with Crippen molar-refractivity contribution in [2.75, 3.05) is 20.1 Å². The van der Waals surface area contributed by atoms with E-state index < -0.39 is 0 Å². The van der Waals surface area contributed by atoms with E-state index in [-0.39, 0.29) is 24.0 Å². The van der Waals surface area contributed by atoms with Crippen molar-refractivity contribution in [3.8, 4) is 12.3 Å². The standard InChI is InChI=1S/C16H20N4.HI/c1-4-8-18-16(17-3)19-9-7-13-11-20-15-10-12(2)5-6-14(13)15;/h1,5-6,10-11,20H,7-9H2,2-3H3,(H2,17,18,19);1H. The van der Waals surface area contributed by atoms with Crippen LogP contribution in [0, 0.1) is 19.3 Å². The Morgan fingerprint density at radius 2 is 2.19 bits per heavy atom. The summed E-state index contributed by atoms with van der Waals surface area (Å²) in [5.41, 5.74) is 3.76. The van der Waals surface area contributed by atoms with E-state index >= 15 is 0 Å². The summed E-state index contributed by atoms with van der Waals surface area (Å²) in [4.78, 5) is 7.42. The molecule has 1 heterocycles. The van der Waals surface area contributed by atoms with Crippen LogP contribution in [0.15, 0.2) is 29.4 Å². The molecule has 0 bridgehead atoms. The van der Waals surface area contributed by atoms with Gasteiger partial charge < -0.3 is 15.6 Å². The first-order valence-corrected chi connectivity index (χ1v) is 6.69. The van der Waals surface area contributed by atoms with Crippen molar-refractivity contribution >= 4 is 40.8 Å². The van der Waals surface area contributed by atoms with E-state index in [0.717, 1.165) is 18.9 Å². The molecule has 4 nitrogen and oxygen atoms in total. The number of fused-ring (bicyclic) bond motifs is 1. The lowest BCUT2D eigenvalue weighted by molar-refractivity contribution is 0.827. The normalized spacial score (nSPS) is 10.8. The Hall–Kier alpha value is -1.68. The molecule has 0 spiro atoms. The molecule has 2 rings (SSSR count). The van der Waals surface area contributed by atoms with Crippen molar-refractivity contribution in [2.24, 2.45) is 4.99 Å². The molecule has 0 atom stereocenters. The van der Waals surface area contributed by atoms with Crippen LogP contribution >= 0.6 is 24.0 Å². The minimum Gasteiger partial charge on any atom is -0.361 e. The lowest BCUT2D eigenvalue weighted by Gasteiger charge is -2.09. The number of aryl methyl sites for hydroxylation is 1. The van der Waals surface area contributed by atoms with Gasteiger partial charge in [0.15, 0.2) is 5.96 Å². The highest BCUT2D eigenvalue weighted by Gasteiger charge is 2.04. The number of aromatic nitrogens is 1. The predicted molar refractivity (Wildman–Crippen MR) is 100 cm³/mol. The zero-order valence-electron chi connectivity index (χ0n) is 12.4.